The molecule has 0 amide bonds. The minimum atomic E-state index is -0.296. The molecule has 0 fully saturated rings. The Morgan fingerprint density at radius 2 is 1.96 bits per heavy atom. The van der Waals surface area contributed by atoms with Crippen LogP contribution in [0, 0.1) is 12.7 Å². The number of carboxylic acid groups (broad SMARTS) is 1. The second-order valence-electron chi connectivity index (χ2n) is 5.07. The molecule has 0 saturated heterocycles. The second kappa shape index (κ2) is 7.36. The van der Waals surface area contributed by atoms with E-state index >= 15 is 0 Å². The van der Waals surface area contributed by atoms with Gasteiger partial charge in [0.05, 0.1) is 5.69 Å². The molecule has 124 valence electrons. The van der Waals surface area contributed by atoms with Crippen molar-refractivity contribution in [1.82, 2.24) is 14.8 Å². The highest BCUT2D eigenvalue weighted by Gasteiger charge is 2.11. The van der Waals surface area contributed by atoms with E-state index in [0.29, 0.717) is 11.4 Å². The summed E-state index contributed by atoms with van der Waals surface area (Å²) in [5, 5.41) is 11.2. The van der Waals surface area contributed by atoms with Crippen molar-refractivity contribution in [3.8, 4) is 22.3 Å². The molecule has 0 aliphatic heterocycles. The van der Waals surface area contributed by atoms with Crippen LogP contribution < -0.4 is 5.73 Å². The topological polar surface area (TPSA) is 94.0 Å². The maximum atomic E-state index is 13.4. The van der Waals surface area contributed by atoms with Crippen LogP contribution in [0.2, 0.25) is 0 Å². The van der Waals surface area contributed by atoms with E-state index in [-0.39, 0.29) is 12.3 Å². The van der Waals surface area contributed by atoms with E-state index in [1.807, 2.05) is 32.3 Å². The van der Waals surface area contributed by atoms with Gasteiger partial charge in [-0.15, -0.1) is 0 Å². The summed E-state index contributed by atoms with van der Waals surface area (Å²) in [6.07, 6.45) is 3.64. The molecule has 0 bridgehead atoms. The van der Waals surface area contributed by atoms with Crippen LogP contribution in [0.25, 0.3) is 22.3 Å². The van der Waals surface area contributed by atoms with Gasteiger partial charge in [0.1, 0.15) is 11.6 Å². The van der Waals surface area contributed by atoms with E-state index in [9.17, 15) is 4.39 Å². The smallest absolute Gasteiger partial charge is 0.290 e. The van der Waals surface area contributed by atoms with Crippen molar-refractivity contribution in [3.63, 3.8) is 0 Å². The summed E-state index contributed by atoms with van der Waals surface area (Å²) >= 11 is 0. The Kier molecular flexibility index (Phi) is 5.26. The Labute approximate surface area is 138 Å². The molecule has 7 heteroatoms. The third kappa shape index (κ3) is 3.75. The van der Waals surface area contributed by atoms with Crippen LogP contribution in [0.4, 0.5) is 10.2 Å². The summed E-state index contributed by atoms with van der Waals surface area (Å²) in [5.74, 6) is 0.0840. The van der Waals surface area contributed by atoms with Crippen molar-refractivity contribution < 1.29 is 14.3 Å². The van der Waals surface area contributed by atoms with Gasteiger partial charge in [0.15, 0.2) is 0 Å². The fourth-order valence-electron chi connectivity index (χ4n) is 2.39. The highest BCUT2D eigenvalue weighted by Crippen LogP contribution is 2.30. The predicted octanol–water partition coefficient (Wildman–Crippen LogP) is 2.88. The van der Waals surface area contributed by atoms with E-state index in [1.165, 1.54) is 12.1 Å². The number of hydrogen-bond acceptors (Lipinski definition) is 4. The van der Waals surface area contributed by atoms with Gasteiger partial charge in [0.25, 0.3) is 6.47 Å². The first-order valence-electron chi connectivity index (χ1n) is 7.06. The molecule has 3 aromatic rings. The Bertz CT molecular complexity index is 862. The van der Waals surface area contributed by atoms with Crippen molar-refractivity contribution in [2.24, 2.45) is 7.05 Å². The molecule has 0 unspecified atom stereocenters. The third-order valence-electron chi connectivity index (χ3n) is 3.38. The van der Waals surface area contributed by atoms with Crippen LogP contribution in [-0.2, 0) is 11.8 Å². The third-order valence-corrected chi connectivity index (χ3v) is 3.38. The van der Waals surface area contributed by atoms with E-state index in [2.05, 4.69) is 10.1 Å². The number of hydrogen-bond donors (Lipinski definition) is 2. The zero-order chi connectivity index (χ0) is 17.7. The zero-order valence-corrected chi connectivity index (χ0v) is 13.3. The van der Waals surface area contributed by atoms with Gasteiger partial charge in [0, 0.05) is 36.1 Å². The number of carbonyl (C=O) groups is 1. The number of rotatable bonds is 2. The minimum absolute atomic E-state index is 0.250. The molecular formula is C17H17FN4O2. The number of aromatic nitrogens is 3. The first kappa shape index (κ1) is 17.1. The van der Waals surface area contributed by atoms with Crippen LogP contribution in [0.15, 0.2) is 42.7 Å². The lowest BCUT2D eigenvalue weighted by atomic mass is 10.0. The van der Waals surface area contributed by atoms with Crippen LogP contribution in [0.3, 0.4) is 0 Å². The molecule has 6 nitrogen and oxygen atoms in total. The number of nitrogen functional groups attached to an aromatic ring is 1. The molecule has 2 aromatic heterocycles. The van der Waals surface area contributed by atoms with Crippen LogP contribution in [-0.4, -0.2) is 26.3 Å². The zero-order valence-electron chi connectivity index (χ0n) is 13.3. The lowest BCUT2D eigenvalue weighted by Gasteiger charge is -2.08. The molecule has 0 spiro atoms. The lowest BCUT2D eigenvalue weighted by Crippen LogP contribution is -1.95. The predicted molar refractivity (Wildman–Crippen MR) is 89.7 cm³/mol. The highest BCUT2D eigenvalue weighted by atomic mass is 19.1. The first-order chi connectivity index (χ1) is 11.5. The van der Waals surface area contributed by atoms with E-state index < -0.39 is 0 Å². The van der Waals surface area contributed by atoms with Crippen LogP contribution in [0.5, 0.6) is 0 Å². The number of halogens is 1. The fraction of sp³-hybridized carbons (Fsp3) is 0.118. The summed E-state index contributed by atoms with van der Waals surface area (Å²) in [7, 11) is 1.87. The van der Waals surface area contributed by atoms with E-state index in [4.69, 9.17) is 15.6 Å². The summed E-state index contributed by atoms with van der Waals surface area (Å²) < 4.78 is 15.2. The summed E-state index contributed by atoms with van der Waals surface area (Å²) in [6, 6.07) is 8.25. The quantitative estimate of drug-likeness (QED) is 0.705. The largest absolute Gasteiger partial charge is 0.483 e. The Morgan fingerprint density at radius 1 is 1.25 bits per heavy atom. The maximum absolute atomic E-state index is 13.4. The van der Waals surface area contributed by atoms with Gasteiger partial charge in [-0.2, -0.15) is 5.10 Å². The molecule has 1 aromatic carbocycles. The SMILES string of the molecule is Cc1nn(C)cc1-c1cnc(N)c(-c2cccc(F)c2)c1.O=CO. The Morgan fingerprint density at radius 3 is 2.54 bits per heavy atom. The monoisotopic (exact) mass is 328 g/mol. The van der Waals surface area contributed by atoms with Gasteiger partial charge in [-0.25, -0.2) is 9.37 Å². The fourth-order valence-corrected chi connectivity index (χ4v) is 2.39. The normalized spacial score (nSPS) is 9.96. The van der Waals surface area contributed by atoms with E-state index in [0.717, 1.165) is 22.4 Å². The van der Waals surface area contributed by atoms with Crippen molar-refractivity contribution in [2.75, 3.05) is 5.73 Å². The number of nitrogens with two attached hydrogens (primary N) is 1. The molecule has 0 atom stereocenters. The van der Waals surface area contributed by atoms with Gasteiger partial charge in [-0.3, -0.25) is 9.48 Å². The van der Waals surface area contributed by atoms with Crippen molar-refractivity contribution in [1.29, 1.82) is 0 Å². The van der Waals surface area contributed by atoms with E-state index in [1.54, 1.807) is 16.9 Å². The average Bonchev–Trinajstić information content (AvgIpc) is 2.87. The maximum Gasteiger partial charge on any atom is 0.290 e. The molecular weight excluding hydrogens is 311 g/mol. The second-order valence-corrected chi connectivity index (χ2v) is 5.07. The van der Waals surface area contributed by atoms with Crippen LogP contribution in [0.1, 0.15) is 5.69 Å². The number of pyridine rings is 1. The minimum Gasteiger partial charge on any atom is -0.483 e. The Balaban J connectivity index is 0.000000647. The number of anilines is 1. The molecule has 3 rings (SSSR count). The van der Waals surface area contributed by atoms with Gasteiger partial charge < -0.3 is 10.8 Å². The van der Waals surface area contributed by atoms with Gasteiger partial charge in [-0.05, 0) is 30.7 Å². The van der Waals surface area contributed by atoms with Gasteiger partial charge >= 0.3 is 0 Å². The Hall–Kier alpha value is -3.22. The summed E-state index contributed by atoms with van der Waals surface area (Å²) in [6.45, 7) is 1.69. The van der Waals surface area contributed by atoms with Gasteiger partial charge in [0.2, 0.25) is 0 Å². The summed E-state index contributed by atoms with van der Waals surface area (Å²) in [4.78, 5) is 12.6. The van der Waals surface area contributed by atoms with Gasteiger partial charge in [-0.1, -0.05) is 12.1 Å². The highest BCUT2D eigenvalue weighted by molar-refractivity contribution is 5.79. The molecule has 0 saturated carbocycles. The standard InChI is InChI=1S/C16H15FN4.CH2O2/c1-10-15(9-21(2)20-10)12-7-14(16(18)19-8-12)11-4-3-5-13(17)6-11;2-1-3/h3-9H,1-2H3,(H2,18,19);1H,(H,2,3). The van der Waals surface area contributed by atoms with Crippen molar-refractivity contribution in [3.05, 3.63) is 54.2 Å². The molecule has 2 heterocycles. The molecule has 3 N–H and O–H groups in total. The first-order valence-corrected chi connectivity index (χ1v) is 7.06. The van der Waals surface area contributed by atoms with Crippen molar-refractivity contribution in [2.45, 2.75) is 6.92 Å². The van der Waals surface area contributed by atoms with Crippen molar-refractivity contribution >= 4 is 12.3 Å². The number of nitrogens with zero attached hydrogens (tertiary/aromatic N) is 3. The van der Waals surface area contributed by atoms with Crippen LogP contribution >= 0.6 is 0 Å². The summed E-state index contributed by atoms with van der Waals surface area (Å²) in [5.41, 5.74) is 10.2. The molecule has 0 aliphatic rings. The molecule has 0 aliphatic carbocycles. The number of benzene rings is 1. The lowest BCUT2D eigenvalue weighted by molar-refractivity contribution is -0.122. The number of aryl methyl sites for hydroxylation is 2. The molecule has 24 heavy (non-hydrogen) atoms. The molecule has 0 radical (unpaired) electrons. The average molecular weight is 328 g/mol.